The Morgan fingerprint density at radius 1 is 0.375 bits per heavy atom. The van der Waals surface area contributed by atoms with Crippen LogP contribution in [-0.2, 0) is 80.2 Å². The maximum absolute atomic E-state index is 8.46. The minimum Gasteiger partial charge on any atom is 2.00 e. The summed E-state index contributed by atoms with van der Waals surface area (Å²) >= 11 is -12.3. The van der Waals surface area contributed by atoms with Crippen LogP contribution in [0, 0.1) is 0 Å². The second-order valence-corrected chi connectivity index (χ2v) is 2.02. The monoisotopic (exact) mass is 588 g/mol. The fourth-order valence-electron chi connectivity index (χ4n) is 0. The van der Waals surface area contributed by atoms with Gasteiger partial charge in [-0.25, -0.2) is 0 Å². The van der Waals surface area contributed by atoms with Gasteiger partial charge in [0.1, 0.15) is 0 Å². The third-order valence-corrected chi connectivity index (χ3v) is 0. The summed E-state index contributed by atoms with van der Waals surface area (Å²) in [5.41, 5.74) is 0. The van der Waals surface area contributed by atoms with E-state index >= 15 is 0 Å². The van der Waals surface area contributed by atoms with E-state index in [4.69, 9.17) is 55.7 Å². The smallest absolute Gasteiger partial charge is 2.00 e. The first-order valence-electron chi connectivity index (χ1n) is 3.30. The van der Waals surface area contributed by atoms with Gasteiger partial charge in [-0.05, 0) is 0 Å². The molecule has 24 heavy (non-hydrogen) atoms. The summed E-state index contributed by atoms with van der Waals surface area (Å²) in [7, 11) is 0. The summed E-state index contributed by atoms with van der Waals surface area (Å²) in [4.78, 5) is 0. The Morgan fingerprint density at radius 3 is 0.375 bits per heavy atom. The summed E-state index contributed by atoms with van der Waals surface area (Å²) in [5, 5.41) is 0. The van der Waals surface area contributed by atoms with Crippen molar-refractivity contribution in [3.8, 4) is 0 Å². The van der Waals surface area contributed by atoms with Crippen molar-refractivity contribution in [1.82, 2.24) is 0 Å². The molecule has 0 rings (SSSR count). The van der Waals surface area contributed by atoms with Crippen LogP contribution in [0.5, 0.6) is 0 Å². The average Bonchev–Trinajstić information content (AvgIpc) is 2.35. The van der Waals surface area contributed by atoms with E-state index in [1.807, 2.05) is 0 Å². The van der Waals surface area contributed by atoms with Gasteiger partial charge >= 0.3 is 218 Å². The molecule has 0 N–H and O–H groups in total. The molecule has 0 aromatic heterocycles. The first-order chi connectivity index (χ1) is 9.90. The zero-order valence-corrected chi connectivity index (χ0v) is 24.6. The van der Waals surface area contributed by atoms with Crippen molar-refractivity contribution in [2.45, 2.75) is 0 Å². The Bertz CT molecular complexity index is 149. The predicted octanol–water partition coefficient (Wildman–Crippen LogP) is -11.8. The Labute approximate surface area is 214 Å². The first-order valence-corrected chi connectivity index (χ1v) is 9.90. The molecule has 0 saturated carbocycles. The van der Waals surface area contributed by atoms with E-state index in [1.165, 1.54) is 0 Å². The van der Waals surface area contributed by atoms with Gasteiger partial charge < -0.3 is 0 Å². The molecule has 0 atom stereocenters. The molecule has 0 saturated heterocycles. The van der Waals surface area contributed by atoms with Crippen molar-refractivity contribution in [3.05, 3.63) is 0 Å². The van der Waals surface area contributed by atoms with Crippen LogP contribution in [-0.4, -0.2) is 108 Å². The predicted molar refractivity (Wildman–Crippen MR) is 45.1 cm³/mol. The van der Waals surface area contributed by atoms with Crippen molar-refractivity contribution in [2.75, 3.05) is 0 Å². The Kier molecular flexibility index (Phi) is 444. The quantitative estimate of drug-likeness (QED) is 0.237. The molecule has 24 heteroatoms. The maximum atomic E-state index is 8.46. The normalized spacial score (nSPS) is 2.33. The first kappa shape index (κ1) is 63.3. The van der Waals surface area contributed by atoms with Gasteiger partial charge in [0, 0.05) is 0 Å². The topological polar surface area (TPSA) is 281 Å². The van der Waals surface area contributed by atoms with E-state index < -0.39 is 108 Å². The minimum atomic E-state index is -1.75. The Hall–Kier alpha value is 2.59. The molecule has 0 aromatic carbocycles. The summed E-state index contributed by atoms with van der Waals surface area (Å²) in [5.74, 6) is 0. The molecule has 14 nitrogen and oxygen atoms in total. The van der Waals surface area contributed by atoms with E-state index in [0.717, 1.165) is 0 Å². The Balaban J connectivity index is -0.0000000117. The molecule has 0 fully saturated rings. The standard InChI is InChI=1S/7Al.Co.Cr.14O.Zn/q;;;;;;;+2;+3;;;;;;;;7*-1;+2. The van der Waals surface area contributed by atoms with Crippen LogP contribution in [0.1, 0.15) is 0 Å². The molecule has 0 aliphatic carbocycles. The molecular weight excluding hydrogens is 589 g/mol. The summed E-state index contributed by atoms with van der Waals surface area (Å²) in [6.07, 6.45) is 0. The van der Waals surface area contributed by atoms with Crippen LogP contribution in [0.3, 0.4) is 0 Å². The van der Waals surface area contributed by atoms with Gasteiger partial charge in [-0.1, -0.05) is 0 Å². The summed E-state index contributed by atoms with van der Waals surface area (Å²) in [6.45, 7) is 0. The molecule has 122 valence electrons. The molecule has 0 heterocycles. The average molecular weight is 589 g/mol. The van der Waals surface area contributed by atoms with Gasteiger partial charge in [-0.15, -0.1) is 0 Å². The molecule has 0 aliphatic rings. The van der Waals surface area contributed by atoms with Crippen molar-refractivity contribution >= 4 is 108 Å². The van der Waals surface area contributed by atoms with Crippen LogP contribution in [0.2, 0.25) is 0 Å². The van der Waals surface area contributed by atoms with Crippen LogP contribution in [0.4, 0.5) is 0 Å². The van der Waals surface area contributed by atoms with Crippen molar-refractivity contribution in [2.24, 2.45) is 0 Å². The van der Waals surface area contributed by atoms with Crippen molar-refractivity contribution in [1.29, 1.82) is 0 Å². The van der Waals surface area contributed by atoms with Gasteiger partial charge in [0.05, 0.1) is 0 Å². The zero-order valence-electron chi connectivity index (χ0n) is 11.2. The van der Waals surface area contributed by atoms with Crippen molar-refractivity contribution < 1.29 is 109 Å². The maximum Gasteiger partial charge on any atom is 2.00 e. The van der Waals surface area contributed by atoms with Crippen LogP contribution in [0.15, 0.2) is 0 Å². The zero-order chi connectivity index (χ0) is 18.9. The fraction of sp³-hybridized carbons (Fsp3) is 0. The van der Waals surface area contributed by atoms with Gasteiger partial charge in [-0.3, -0.25) is 0 Å². The van der Waals surface area contributed by atoms with Crippen LogP contribution < -0.4 is 29.1 Å². The fourth-order valence-corrected chi connectivity index (χ4v) is 0. The number of rotatable bonds is 0. The Morgan fingerprint density at radius 2 is 0.375 bits per heavy atom. The summed E-state index contributed by atoms with van der Waals surface area (Å²) in [6, 6.07) is 0. The van der Waals surface area contributed by atoms with E-state index in [2.05, 4.69) is 0 Å². The molecule has 0 unspecified atom stereocenters. The molecular formula is Al7CoCrO14Zn. The second-order valence-electron chi connectivity index (χ2n) is 0.674. The van der Waals surface area contributed by atoms with Gasteiger partial charge in [0.2, 0.25) is 0 Å². The largest absolute Gasteiger partial charge is 2.00 e. The summed E-state index contributed by atoms with van der Waals surface area (Å²) < 4.78 is 118. The van der Waals surface area contributed by atoms with Gasteiger partial charge in [0.25, 0.3) is 0 Å². The van der Waals surface area contributed by atoms with Crippen molar-refractivity contribution in [3.63, 3.8) is 0 Å². The number of hydrogen-bond acceptors (Lipinski definition) is 14. The molecule has 0 bridgehead atoms. The number of hydrogen-bond donors (Lipinski definition) is 0. The molecule has 0 spiro atoms. The van der Waals surface area contributed by atoms with Crippen LogP contribution >= 0.6 is 0 Å². The minimum absolute atomic E-state index is 0. The van der Waals surface area contributed by atoms with Gasteiger partial charge in [-0.2, -0.15) is 0 Å². The molecule has 2 radical (unpaired) electrons. The second kappa shape index (κ2) is 168. The third kappa shape index (κ3) is 2040. The van der Waals surface area contributed by atoms with Crippen LogP contribution in [0.25, 0.3) is 0 Å². The van der Waals surface area contributed by atoms with E-state index in [0.29, 0.717) is 0 Å². The van der Waals surface area contributed by atoms with E-state index in [1.54, 1.807) is 0 Å². The SMILES string of the molecule is [Co+2].[Cr+3].[O]=[Al][O-].[O]=[Al][O-].[O]=[Al][O-].[O]=[Al][O-].[O]=[Al][O-].[O]=[Al][O-].[O]=[Al][O-].[Zn+2]. The third-order valence-electron chi connectivity index (χ3n) is 0. The van der Waals surface area contributed by atoms with E-state index in [-0.39, 0.29) is 53.6 Å². The molecule has 0 aromatic rings. The van der Waals surface area contributed by atoms with Gasteiger partial charge in [0.15, 0.2) is 0 Å². The van der Waals surface area contributed by atoms with E-state index in [9.17, 15) is 0 Å². The molecule has 0 amide bonds. The molecule has 0 aliphatic heterocycles.